The zero-order valence-corrected chi connectivity index (χ0v) is 16.4. The van der Waals surface area contributed by atoms with Gasteiger partial charge in [0.1, 0.15) is 0 Å². The summed E-state index contributed by atoms with van der Waals surface area (Å²) >= 11 is 8.74. The number of rotatable bonds is 6. The van der Waals surface area contributed by atoms with Crippen LogP contribution in [0.1, 0.15) is 13.8 Å². The molecule has 0 radical (unpaired) electrons. The molecule has 1 aliphatic rings. The van der Waals surface area contributed by atoms with Gasteiger partial charge >= 0.3 is 0 Å². The number of alkyl halides is 1. The summed E-state index contributed by atoms with van der Waals surface area (Å²) in [5.41, 5.74) is -0.532. The molecule has 1 aliphatic heterocycles. The Balaban J connectivity index is 1.87. The first-order chi connectivity index (χ1) is 11.4. The molecule has 134 valence electrons. The Kier molecular flexibility index (Phi) is 6.70. The molecule has 0 saturated carbocycles. The van der Waals surface area contributed by atoms with Crippen LogP contribution in [0.4, 0.5) is 5.13 Å². The molecule has 0 atom stereocenters. The largest absolute Gasteiger partial charge is 0.358 e. The van der Waals surface area contributed by atoms with E-state index in [1.807, 2.05) is 18.7 Å². The fourth-order valence-electron chi connectivity index (χ4n) is 2.17. The van der Waals surface area contributed by atoms with Crippen LogP contribution in [0.5, 0.6) is 0 Å². The van der Waals surface area contributed by atoms with Crippen molar-refractivity contribution in [3.8, 4) is 0 Å². The van der Waals surface area contributed by atoms with Crippen LogP contribution in [0.3, 0.4) is 0 Å². The third kappa shape index (κ3) is 4.73. The van der Waals surface area contributed by atoms with E-state index >= 15 is 0 Å². The summed E-state index contributed by atoms with van der Waals surface area (Å²) in [6, 6.07) is 0. The Labute approximate surface area is 155 Å². The Morgan fingerprint density at radius 2 is 1.96 bits per heavy atom. The van der Waals surface area contributed by atoms with Gasteiger partial charge in [0.15, 0.2) is 4.34 Å². The van der Waals surface area contributed by atoms with Crippen molar-refractivity contribution in [3.05, 3.63) is 0 Å². The molecule has 1 saturated heterocycles. The van der Waals surface area contributed by atoms with E-state index in [2.05, 4.69) is 20.4 Å². The van der Waals surface area contributed by atoms with E-state index in [-0.39, 0.29) is 11.8 Å². The van der Waals surface area contributed by atoms with Gasteiger partial charge in [-0.15, -0.1) is 21.8 Å². The smallest absolute Gasteiger partial charge is 0.230 e. The number of carbonyl (C=O) groups excluding carboxylic acids is 2. The van der Waals surface area contributed by atoms with Crippen molar-refractivity contribution in [2.45, 2.75) is 18.2 Å². The predicted molar refractivity (Wildman–Crippen MR) is 98.0 cm³/mol. The number of nitrogens with one attached hydrogen (secondary N) is 1. The molecule has 0 unspecified atom stereocenters. The van der Waals surface area contributed by atoms with Gasteiger partial charge in [-0.25, -0.2) is 0 Å². The van der Waals surface area contributed by atoms with Crippen molar-refractivity contribution >= 4 is 51.6 Å². The molecule has 0 spiro atoms. The lowest BCUT2D eigenvalue weighted by Gasteiger charge is -2.37. The van der Waals surface area contributed by atoms with Gasteiger partial charge in [0.25, 0.3) is 0 Å². The monoisotopic (exact) mass is 391 g/mol. The fraction of sp³-hybridized carbons (Fsp3) is 0.714. The van der Waals surface area contributed by atoms with Crippen LogP contribution in [0.25, 0.3) is 0 Å². The van der Waals surface area contributed by atoms with Gasteiger partial charge in [0.05, 0.1) is 11.2 Å². The summed E-state index contributed by atoms with van der Waals surface area (Å²) < 4.78 is 0.773. The van der Waals surface area contributed by atoms with Crippen molar-refractivity contribution in [3.63, 3.8) is 0 Å². The normalized spacial score (nSPS) is 15.5. The van der Waals surface area contributed by atoms with Crippen molar-refractivity contribution in [2.75, 3.05) is 49.8 Å². The zero-order chi connectivity index (χ0) is 17.7. The van der Waals surface area contributed by atoms with Gasteiger partial charge in [-0.3, -0.25) is 9.59 Å². The maximum absolute atomic E-state index is 12.4. The van der Waals surface area contributed by atoms with Crippen LogP contribution in [-0.2, 0) is 9.59 Å². The molecular formula is C14H22ClN5O2S2. The van der Waals surface area contributed by atoms with E-state index in [4.69, 9.17) is 11.6 Å². The van der Waals surface area contributed by atoms with Gasteiger partial charge in [-0.1, -0.05) is 23.1 Å². The number of halogens is 1. The van der Waals surface area contributed by atoms with Gasteiger partial charge in [0, 0.05) is 39.1 Å². The van der Waals surface area contributed by atoms with Crippen LogP contribution < -0.4 is 10.2 Å². The third-order valence-corrected chi connectivity index (χ3v) is 6.54. The zero-order valence-electron chi connectivity index (χ0n) is 14.0. The van der Waals surface area contributed by atoms with Crippen molar-refractivity contribution in [1.82, 2.24) is 20.4 Å². The highest BCUT2D eigenvalue weighted by atomic mass is 35.5. The number of hydrogen-bond acceptors (Lipinski definition) is 7. The van der Waals surface area contributed by atoms with E-state index in [1.54, 1.807) is 7.05 Å². The highest BCUT2D eigenvalue weighted by Crippen LogP contribution is 2.29. The van der Waals surface area contributed by atoms with Crippen LogP contribution >= 0.6 is 34.7 Å². The standard InChI is InChI=1S/C14H22ClN5O2S2/c1-14(2,9-15)11(22)19-4-6-20(7-5-19)12-17-18-13(24-12)23-8-10(21)16-3/h4-9H2,1-3H3,(H,16,21). The molecule has 0 aliphatic carbocycles. The Morgan fingerprint density at radius 3 is 2.54 bits per heavy atom. The molecule has 2 heterocycles. The Morgan fingerprint density at radius 1 is 1.29 bits per heavy atom. The van der Waals surface area contributed by atoms with Crippen LogP contribution in [0.15, 0.2) is 4.34 Å². The van der Waals surface area contributed by atoms with Crippen molar-refractivity contribution in [1.29, 1.82) is 0 Å². The first kappa shape index (κ1) is 19.3. The maximum atomic E-state index is 12.4. The number of thioether (sulfide) groups is 1. The van der Waals surface area contributed by atoms with E-state index in [0.717, 1.165) is 22.6 Å². The topological polar surface area (TPSA) is 78.4 Å². The minimum atomic E-state index is -0.532. The van der Waals surface area contributed by atoms with Crippen LogP contribution in [-0.4, -0.2) is 71.8 Å². The second kappa shape index (κ2) is 8.35. The number of aromatic nitrogens is 2. The average Bonchev–Trinajstić information content (AvgIpc) is 3.08. The molecule has 1 fully saturated rings. The molecule has 7 nitrogen and oxygen atoms in total. The molecule has 2 rings (SSSR count). The molecule has 10 heteroatoms. The number of carbonyl (C=O) groups is 2. The SMILES string of the molecule is CNC(=O)CSc1nnc(N2CCN(C(=O)C(C)(C)CCl)CC2)s1. The lowest BCUT2D eigenvalue weighted by atomic mass is 9.94. The second-order valence-corrected chi connectivity index (χ2v) is 8.55. The quantitative estimate of drug-likeness (QED) is 0.581. The lowest BCUT2D eigenvalue weighted by molar-refractivity contribution is -0.139. The lowest BCUT2D eigenvalue weighted by Crippen LogP contribution is -2.52. The molecule has 0 bridgehead atoms. The molecular weight excluding hydrogens is 370 g/mol. The highest BCUT2D eigenvalue weighted by molar-refractivity contribution is 8.01. The van der Waals surface area contributed by atoms with Gasteiger partial charge in [-0.2, -0.15) is 0 Å². The number of amides is 2. The third-order valence-electron chi connectivity index (χ3n) is 3.75. The fourth-order valence-corrected chi connectivity index (χ4v) is 4.05. The molecule has 1 aromatic rings. The molecule has 1 aromatic heterocycles. The number of piperazine rings is 1. The van der Waals surface area contributed by atoms with E-state index in [9.17, 15) is 9.59 Å². The number of nitrogens with zero attached hydrogens (tertiary/aromatic N) is 4. The number of anilines is 1. The summed E-state index contributed by atoms with van der Waals surface area (Å²) in [6.07, 6.45) is 0. The van der Waals surface area contributed by atoms with E-state index in [1.165, 1.54) is 23.1 Å². The van der Waals surface area contributed by atoms with Crippen molar-refractivity contribution in [2.24, 2.45) is 5.41 Å². The molecule has 1 N–H and O–H groups in total. The molecule has 0 aromatic carbocycles. The molecule has 24 heavy (non-hydrogen) atoms. The minimum absolute atomic E-state index is 0.0363. The summed E-state index contributed by atoms with van der Waals surface area (Å²) in [6.45, 7) is 6.49. The van der Waals surface area contributed by atoms with Crippen molar-refractivity contribution < 1.29 is 9.59 Å². The number of hydrogen-bond donors (Lipinski definition) is 1. The van der Waals surface area contributed by atoms with E-state index < -0.39 is 5.41 Å². The summed E-state index contributed by atoms with van der Waals surface area (Å²) in [5, 5.41) is 11.7. The molecule has 2 amide bonds. The summed E-state index contributed by atoms with van der Waals surface area (Å²) in [5.74, 6) is 0.706. The summed E-state index contributed by atoms with van der Waals surface area (Å²) in [7, 11) is 1.61. The maximum Gasteiger partial charge on any atom is 0.230 e. The minimum Gasteiger partial charge on any atom is -0.358 e. The van der Waals surface area contributed by atoms with Gasteiger partial charge in [0.2, 0.25) is 16.9 Å². The first-order valence-corrected chi connectivity index (χ1v) is 9.98. The van der Waals surface area contributed by atoms with Gasteiger partial charge < -0.3 is 15.1 Å². The van der Waals surface area contributed by atoms with Crippen LogP contribution in [0, 0.1) is 5.41 Å². The predicted octanol–water partition coefficient (Wildman–Crippen LogP) is 1.29. The Bertz CT molecular complexity index is 587. The summed E-state index contributed by atoms with van der Waals surface area (Å²) in [4.78, 5) is 27.7. The van der Waals surface area contributed by atoms with E-state index in [0.29, 0.717) is 24.7 Å². The van der Waals surface area contributed by atoms with Crippen LogP contribution in [0.2, 0.25) is 0 Å². The highest BCUT2D eigenvalue weighted by Gasteiger charge is 2.33. The van der Waals surface area contributed by atoms with Gasteiger partial charge in [-0.05, 0) is 13.8 Å². The first-order valence-electron chi connectivity index (χ1n) is 7.64. The second-order valence-electron chi connectivity index (χ2n) is 6.11. The average molecular weight is 392 g/mol. The Hall–Kier alpha value is -1.06.